The molecule has 12 nitrogen and oxygen atoms in total. The van der Waals surface area contributed by atoms with Gasteiger partial charge in [-0.05, 0) is 18.7 Å². The van der Waals surface area contributed by atoms with Crippen molar-refractivity contribution in [3.63, 3.8) is 0 Å². The number of aromatic nitrogens is 6. The van der Waals surface area contributed by atoms with Gasteiger partial charge in [-0.2, -0.15) is 0 Å². The fourth-order valence-corrected chi connectivity index (χ4v) is 3.55. The third-order valence-electron chi connectivity index (χ3n) is 5.53. The average Bonchev–Trinajstić information content (AvgIpc) is 2.82. The lowest BCUT2D eigenvalue weighted by atomic mass is 10.3. The zero-order chi connectivity index (χ0) is 22.7. The third kappa shape index (κ3) is 4.55. The number of hydrogen-bond acceptors (Lipinski definition) is 9. The molecule has 32 heavy (non-hydrogen) atoms. The summed E-state index contributed by atoms with van der Waals surface area (Å²) in [6.07, 6.45) is 3.24. The molecule has 1 aliphatic rings. The van der Waals surface area contributed by atoms with Crippen LogP contribution < -0.4 is 16.6 Å². The molecule has 0 bridgehead atoms. The smallest absolute Gasteiger partial charge is 0.332 e. The molecule has 4 heterocycles. The molecule has 0 atom stereocenters. The minimum absolute atomic E-state index is 0.0240. The lowest BCUT2D eigenvalue weighted by Gasteiger charge is -2.32. The van der Waals surface area contributed by atoms with Crippen molar-refractivity contribution in [3.8, 4) is 0 Å². The second-order valence-electron chi connectivity index (χ2n) is 7.80. The molecule has 1 saturated heterocycles. The lowest BCUT2D eigenvalue weighted by molar-refractivity contribution is 0.0930. The normalized spacial score (nSPS) is 15.2. The van der Waals surface area contributed by atoms with Crippen molar-refractivity contribution in [2.24, 2.45) is 7.05 Å². The SMILES string of the molecule is CN1CCN(CCNC(=O)c2nnc3c(n2)c(=O)n(C)c(=O)n3Cc2cccnc2)CC1. The van der Waals surface area contributed by atoms with Crippen molar-refractivity contribution in [2.75, 3.05) is 46.3 Å². The van der Waals surface area contributed by atoms with Crippen LogP contribution in [0.2, 0.25) is 0 Å². The lowest BCUT2D eigenvalue weighted by Crippen LogP contribution is -2.47. The first-order chi connectivity index (χ1) is 15.4. The number of fused-ring (bicyclic) bond motifs is 1. The van der Waals surface area contributed by atoms with Crippen LogP contribution in [0.25, 0.3) is 11.2 Å². The maximum absolute atomic E-state index is 12.7. The van der Waals surface area contributed by atoms with Gasteiger partial charge in [0.1, 0.15) is 0 Å². The fraction of sp³-hybridized carbons (Fsp3) is 0.450. The highest BCUT2D eigenvalue weighted by Crippen LogP contribution is 2.05. The molecule has 3 aromatic heterocycles. The number of hydrogen-bond donors (Lipinski definition) is 1. The summed E-state index contributed by atoms with van der Waals surface area (Å²) in [5, 5.41) is 10.7. The summed E-state index contributed by atoms with van der Waals surface area (Å²) in [5.74, 6) is -0.722. The monoisotopic (exact) mass is 439 g/mol. The second-order valence-corrected chi connectivity index (χ2v) is 7.80. The fourth-order valence-electron chi connectivity index (χ4n) is 3.55. The van der Waals surface area contributed by atoms with E-state index in [9.17, 15) is 14.4 Å². The Hall–Kier alpha value is -3.51. The third-order valence-corrected chi connectivity index (χ3v) is 5.53. The minimum atomic E-state index is -0.631. The molecular formula is C20H25N9O3. The Morgan fingerprint density at radius 1 is 1.12 bits per heavy atom. The van der Waals surface area contributed by atoms with E-state index >= 15 is 0 Å². The van der Waals surface area contributed by atoms with Crippen LogP contribution in [0.3, 0.4) is 0 Å². The molecule has 1 N–H and O–H groups in total. The van der Waals surface area contributed by atoms with Crippen LogP contribution in [0, 0.1) is 0 Å². The Labute approximate surface area is 183 Å². The second kappa shape index (κ2) is 9.32. The molecule has 1 fully saturated rings. The van der Waals surface area contributed by atoms with E-state index in [0.717, 1.165) is 36.3 Å². The Morgan fingerprint density at radius 2 is 1.91 bits per heavy atom. The summed E-state index contributed by atoms with van der Waals surface area (Å²) in [7, 11) is 3.45. The molecular weight excluding hydrogens is 414 g/mol. The predicted octanol–water partition coefficient (Wildman–Crippen LogP) is -1.69. The van der Waals surface area contributed by atoms with E-state index in [1.54, 1.807) is 24.5 Å². The van der Waals surface area contributed by atoms with E-state index in [2.05, 4.69) is 42.3 Å². The van der Waals surface area contributed by atoms with Gasteiger partial charge in [0.05, 0.1) is 6.54 Å². The average molecular weight is 439 g/mol. The molecule has 0 spiro atoms. The number of pyridine rings is 1. The van der Waals surface area contributed by atoms with Gasteiger partial charge in [-0.3, -0.25) is 28.6 Å². The summed E-state index contributed by atoms with van der Waals surface area (Å²) in [4.78, 5) is 50.5. The predicted molar refractivity (Wildman–Crippen MR) is 116 cm³/mol. The van der Waals surface area contributed by atoms with Gasteiger partial charge >= 0.3 is 5.69 Å². The van der Waals surface area contributed by atoms with Crippen LogP contribution in [-0.4, -0.2) is 91.3 Å². The first-order valence-electron chi connectivity index (χ1n) is 10.4. The standard InChI is InChI=1S/C20H25N9O3/c1-26-8-10-28(11-9-26)7-6-22-18(30)16-23-15-17(25-24-16)29(20(32)27(2)19(15)31)13-14-4-3-5-21-12-14/h3-5,12H,6-11,13H2,1-2H3,(H,22,30). The van der Waals surface area contributed by atoms with Gasteiger partial charge in [0.25, 0.3) is 11.5 Å². The maximum atomic E-state index is 12.7. The zero-order valence-corrected chi connectivity index (χ0v) is 18.1. The number of piperazine rings is 1. The van der Waals surface area contributed by atoms with Crippen molar-refractivity contribution >= 4 is 17.1 Å². The minimum Gasteiger partial charge on any atom is -0.348 e. The van der Waals surface area contributed by atoms with Crippen molar-refractivity contribution in [3.05, 3.63) is 56.8 Å². The van der Waals surface area contributed by atoms with E-state index < -0.39 is 17.2 Å². The quantitative estimate of drug-likeness (QED) is 0.478. The van der Waals surface area contributed by atoms with Gasteiger partial charge in [0.2, 0.25) is 5.82 Å². The van der Waals surface area contributed by atoms with Gasteiger partial charge in [0.15, 0.2) is 11.2 Å². The molecule has 0 aromatic carbocycles. The molecule has 1 amide bonds. The van der Waals surface area contributed by atoms with E-state index in [4.69, 9.17) is 0 Å². The van der Waals surface area contributed by atoms with Crippen LogP contribution in [0.1, 0.15) is 16.2 Å². The van der Waals surface area contributed by atoms with Crippen LogP contribution in [0.5, 0.6) is 0 Å². The van der Waals surface area contributed by atoms with Crippen LogP contribution in [0.15, 0.2) is 34.1 Å². The Balaban J connectivity index is 1.55. The number of likely N-dealkylation sites (N-methyl/N-ethyl adjacent to an activating group) is 1. The molecule has 0 aliphatic carbocycles. The van der Waals surface area contributed by atoms with E-state index in [1.807, 2.05) is 0 Å². The summed E-state index contributed by atoms with van der Waals surface area (Å²) in [5.41, 5.74) is -0.492. The van der Waals surface area contributed by atoms with Gasteiger partial charge in [-0.25, -0.2) is 9.78 Å². The first-order valence-corrected chi connectivity index (χ1v) is 10.4. The Bertz CT molecular complexity index is 1230. The van der Waals surface area contributed by atoms with Crippen molar-refractivity contribution in [1.29, 1.82) is 0 Å². The number of nitrogens with one attached hydrogen (secondary N) is 1. The summed E-state index contributed by atoms with van der Waals surface area (Å²) in [6, 6.07) is 3.55. The number of amides is 1. The number of carbonyl (C=O) groups excluding carboxylic acids is 1. The number of nitrogens with zero attached hydrogens (tertiary/aromatic N) is 8. The zero-order valence-electron chi connectivity index (χ0n) is 18.1. The maximum Gasteiger partial charge on any atom is 0.332 e. The highest BCUT2D eigenvalue weighted by atomic mass is 16.2. The van der Waals surface area contributed by atoms with Gasteiger partial charge in [-0.1, -0.05) is 6.07 Å². The molecule has 3 aromatic rings. The number of rotatable bonds is 6. The van der Waals surface area contributed by atoms with Crippen LogP contribution in [0.4, 0.5) is 0 Å². The first kappa shape index (κ1) is 21.7. The van der Waals surface area contributed by atoms with Crippen LogP contribution >= 0.6 is 0 Å². The van der Waals surface area contributed by atoms with E-state index in [0.29, 0.717) is 13.1 Å². The van der Waals surface area contributed by atoms with Crippen molar-refractivity contribution in [2.45, 2.75) is 6.54 Å². The molecule has 0 radical (unpaired) electrons. The van der Waals surface area contributed by atoms with Crippen molar-refractivity contribution < 1.29 is 4.79 Å². The highest BCUT2D eigenvalue weighted by molar-refractivity contribution is 5.91. The summed E-state index contributed by atoms with van der Waals surface area (Å²) in [6.45, 7) is 5.18. The Kier molecular flexibility index (Phi) is 6.32. The molecule has 4 rings (SSSR count). The summed E-state index contributed by atoms with van der Waals surface area (Å²) >= 11 is 0. The summed E-state index contributed by atoms with van der Waals surface area (Å²) < 4.78 is 2.24. The topological polar surface area (TPSA) is 131 Å². The van der Waals surface area contributed by atoms with Gasteiger partial charge in [-0.15, -0.1) is 10.2 Å². The Morgan fingerprint density at radius 3 is 2.62 bits per heavy atom. The molecule has 1 aliphatic heterocycles. The van der Waals surface area contributed by atoms with Crippen LogP contribution in [-0.2, 0) is 13.6 Å². The molecule has 168 valence electrons. The van der Waals surface area contributed by atoms with E-state index in [-0.39, 0.29) is 23.5 Å². The van der Waals surface area contributed by atoms with Gasteiger partial charge in [0, 0.05) is 58.7 Å². The van der Waals surface area contributed by atoms with Gasteiger partial charge < -0.3 is 10.2 Å². The molecule has 0 unspecified atom stereocenters. The largest absolute Gasteiger partial charge is 0.348 e. The molecule has 0 saturated carbocycles. The van der Waals surface area contributed by atoms with E-state index in [1.165, 1.54) is 11.6 Å². The molecule has 12 heteroatoms. The highest BCUT2D eigenvalue weighted by Gasteiger charge is 2.19. The number of carbonyl (C=O) groups is 1. The van der Waals surface area contributed by atoms with Crippen molar-refractivity contribution in [1.82, 2.24) is 44.4 Å².